The minimum Gasteiger partial charge on any atom is -0.507 e. The summed E-state index contributed by atoms with van der Waals surface area (Å²) < 4.78 is 5.51. The summed E-state index contributed by atoms with van der Waals surface area (Å²) >= 11 is 0. The summed E-state index contributed by atoms with van der Waals surface area (Å²) in [5, 5.41) is 21.8. The molecule has 3 N–H and O–H groups in total. The van der Waals surface area contributed by atoms with E-state index in [1.807, 2.05) is 6.92 Å². The third kappa shape index (κ3) is 3.55. The van der Waals surface area contributed by atoms with Gasteiger partial charge >= 0.3 is 5.97 Å². The number of ether oxygens (including phenoxy) is 1. The van der Waals surface area contributed by atoms with Gasteiger partial charge in [0.1, 0.15) is 23.1 Å². The Hall–Kier alpha value is -3.55. The molecule has 2 aromatic rings. The number of aromatic carboxylic acids is 1. The number of amides is 2. The average molecular weight is 370 g/mol. The number of anilines is 2. The first-order chi connectivity index (χ1) is 12.9. The molecule has 27 heavy (non-hydrogen) atoms. The average Bonchev–Trinajstić information content (AvgIpc) is 2.90. The van der Waals surface area contributed by atoms with Crippen molar-refractivity contribution in [2.24, 2.45) is 0 Å². The van der Waals surface area contributed by atoms with Gasteiger partial charge in [-0.1, -0.05) is 12.1 Å². The molecule has 1 atom stereocenters. The largest absolute Gasteiger partial charge is 0.507 e. The lowest BCUT2D eigenvalue weighted by atomic mass is 10.1. The second-order valence-corrected chi connectivity index (χ2v) is 5.90. The molecule has 0 bridgehead atoms. The van der Waals surface area contributed by atoms with Gasteiger partial charge in [0.25, 0.3) is 5.91 Å². The lowest BCUT2D eigenvalue weighted by Crippen LogP contribution is -2.34. The lowest BCUT2D eigenvalue weighted by molar-refractivity contribution is -0.121. The number of hydrogen-bond acceptors (Lipinski definition) is 6. The molecule has 0 saturated carbocycles. The fourth-order valence-electron chi connectivity index (χ4n) is 2.91. The number of carbonyl (C=O) groups is 3. The second kappa shape index (κ2) is 7.36. The van der Waals surface area contributed by atoms with Crippen LogP contribution >= 0.6 is 0 Å². The first-order valence-corrected chi connectivity index (χ1v) is 8.33. The molecule has 2 aromatic carbocycles. The summed E-state index contributed by atoms with van der Waals surface area (Å²) in [6.07, 6.45) is -0.0687. The molecular weight excluding hydrogens is 352 g/mol. The zero-order valence-corrected chi connectivity index (χ0v) is 14.5. The number of nitrogens with zero attached hydrogens (tertiary/aromatic N) is 1. The maximum absolute atomic E-state index is 12.7. The second-order valence-electron chi connectivity index (χ2n) is 5.90. The minimum atomic E-state index is -1.30. The van der Waals surface area contributed by atoms with Crippen LogP contribution in [0.1, 0.15) is 23.7 Å². The van der Waals surface area contributed by atoms with E-state index in [4.69, 9.17) is 9.84 Å². The van der Waals surface area contributed by atoms with Crippen molar-refractivity contribution in [2.75, 3.05) is 16.8 Å². The number of carboxylic acid groups (broad SMARTS) is 1. The normalized spacial score (nSPS) is 16.5. The van der Waals surface area contributed by atoms with Gasteiger partial charge in [-0.25, -0.2) is 9.69 Å². The topological polar surface area (TPSA) is 116 Å². The summed E-state index contributed by atoms with van der Waals surface area (Å²) in [4.78, 5) is 37.0. The van der Waals surface area contributed by atoms with Crippen LogP contribution in [0.3, 0.4) is 0 Å². The fraction of sp³-hybridized carbons (Fsp3) is 0.211. The van der Waals surface area contributed by atoms with E-state index in [0.717, 1.165) is 17.0 Å². The van der Waals surface area contributed by atoms with Crippen molar-refractivity contribution >= 4 is 29.2 Å². The van der Waals surface area contributed by atoms with E-state index in [9.17, 15) is 19.5 Å². The van der Waals surface area contributed by atoms with Gasteiger partial charge in [-0.2, -0.15) is 0 Å². The lowest BCUT2D eigenvalue weighted by Gasteiger charge is -2.18. The van der Waals surface area contributed by atoms with Crippen LogP contribution in [0.4, 0.5) is 11.4 Å². The van der Waals surface area contributed by atoms with Crippen LogP contribution in [0.15, 0.2) is 42.5 Å². The van der Waals surface area contributed by atoms with Crippen molar-refractivity contribution in [1.82, 2.24) is 0 Å². The summed E-state index contributed by atoms with van der Waals surface area (Å²) in [7, 11) is 0. The van der Waals surface area contributed by atoms with Crippen LogP contribution in [0.5, 0.6) is 11.5 Å². The minimum absolute atomic E-state index is 0.0687. The van der Waals surface area contributed by atoms with E-state index >= 15 is 0 Å². The maximum Gasteiger partial charge on any atom is 0.339 e. The van der Waals surface area contributed by atoms with Crippen molar-refractivity contribution in [3.05, 3.63) is 48.0 Å². The highest BCUT2D eigenvalue weighted by Crippen LogP contribution is 2.31. The Balaban J connectivity index is 1.84. The van der Waals surface area contributed by atoms with Crippen LogP contribution in [0.2, 0.25) is 0 Å². The quantitative estimate of drug-likeness (QED) is 0.668. The molecule has 0 spiro atoms. The number of para-hydroxylation sites is 2. The molecule has 1 heterocycles. The van der Waals surface area contributed by atoms with Gasteiger partial charge in [-0.3, -0.25) is 9.59 Å². The summed E-state index contributed by atoms with van der Waals surface area (Å²) in [6, 6.07) is 9.86. The monoisotopic (exact) mass is 370 g/mol. The van der Waals surface area contributed by atoms with Gasteiger partial charge in [0, 0.05) is 6.07 Å². The number of rotatable bonds is 6. The van der Waals surface area contributed by atoms with Crippen molar-refractivity contribution in [2.45, 2.75) is 19.4 Å². The number of carboxylic acids is 1. The van der Waals surface area contributed by atoms with Crippen LogP contribution < -0.4 is 15.0 Å². The number of hydrogen-bond donors (Lipinski definition) is 3. The molecule has 140 valence electrons. The third-order valence-electron chi connectivity index (χ3n) is 4.13. The van der Waals surface area contributed by atoms with Gasteiger partial charge in [0.05, 0.1) is 24.4 Å². The highest BCUT2D eigenvalue weighted by Gasteiger charge is 2.40. The van der Waals surface area contributed by atoms with E-state index < -0.39 is 29.6 Å². The van der Waals surface area contributed by atoms with E-state index in [-0.39, 0.29) is 17.7 Å². The van der Waals surface area contributed by atoms with E-state index in [1.165, 1.54) is 6.07 Å². The predicted octanol–water partition coefficient (Wildman–Crippen LogP) is 2.23. The number of imide groups is 1. The first kappa shape index (κ1) is 18.2. The van der Waals surface area contributed by atoms with Crippen molar-refractivity contribution in [3.63, 3.8) is 0 Å². The van der Waals surface area contributed by atoms with Crippen molar-refractivity contribution in [1.29, 1.82) is 0 Å². The molecular formula is C19H18N2O6. The molecule has 8 nitrogen and oxygen atoms in total. The van der Waals surface area contributed by atoms with Gasteiger partial charge in [-0.05, 0) is 31.2 Å². The molecule has 1 aliphatic rings. The number of phenols is 1. The molecule has 1 saturated heterocycles. The summed E-state index contributed by atoms with van der Waals surface area (Å²) in [5.41, 5.74) is 0.407. The highest BCUT2D eigenvalue weighted by atomic mass is 16.5. The molecule has 0 aliphatic carbocycles. The molecule has 1 aliphatic heterocycles. The van der Waals surface area contributed by atoms with Crippen LogP contribution in [0, 0.1) is 0 Å². The molecule has 8 heteroatoms. The molecule has 2 amide bonds. The first-order valence-electron chi connectivity index (χ1n) is 8.33. The molecule has 1 fully saturated rings. The number of nitrogens with one attached hydrogen (secondary N) is 1. The number of aromatic hydroxyl groups is 1. The van der Waals surface area contributed by atoms with Crippen LogP contribution in [0.25, 0.3) is 0 Å². The summed E-state index contributed by atoms with van der Waals surface area (Å²) in [5.74, 6) is -2.19. The maximum atomic E-state index is 12.7. The zero-order chi connectivity index (χ0) is 19.6. The Morgan fingerprint density at radius 2 is 2.00 bits per heavy atom. The number of benzene rings is 2. The van der Waals surface area contributed by atoms with Crippen LogP contribution in [-0.4, -0.2) is 40.6 Å². The zero-order valence-electron chi connectivity index (χ0n) is 14.5. The smallest absolute Gasteiger partial charge is 0.339 e. The van der Waals surface area contributed by atoms with Crippen molar-refractivity contribution < 1.29 is 29.3 Å². The Morgan fingerprint density at radius 3 is 2.67 bits per heavy atom. The SMILES string of the molecule is CCOc1ccccc1NC1CC(=O)N(c2ccc(C(=O)O)c(O)c2)C1=O. The Morgan fingerprint density at radius 1 is 1.26 bits per heavy atom. The number of carbonyl (C=O) groups excluding carboxylic acids is 2. The van der Waals surface area contributed by atoms with E-state index in [0.29, 0.717) is 18.0 Å². The Bertz CT molecular complexity index is 911. The van der Waals surface area contributed by atoms with Gasteiger partial charge in [-0.15, -0.1) is 0 Å². The standard InChI is InChI=1S/C19H18N2O6/c1-2-27-16-6-4-3-5-13(16)20-14-10-17(23)21(18(14)24)11-7-8-12(19(25)26)15(22)9-11/h3-9,14,20,22H,2,10H2,1H3,(H,25,26). The molecule has 1 unspecified atom stereocenters. The van der Waals surface area contributed by atoms with E-state index in [1.54, 1.807) is 24.3 Å². The van der Waals surface area contributed by atoms with Gasteiger partial charge in [0.15, 0.2) is 0 Å². The summed E-state index contributed by atoms with van der Waals surface area (Å²) in [6.45, 7) is 2.30. The Kier molecular flexibility index (Phi) is 4.98. The fourth-order valence-corrected chi connectivity index (χ4v) is 2.91. The Labute approximate surface area is 155 Å². The van der Waals surface area contributed by atoms with Crippen molar-refractivity contribution in [3.8, 4) is 11.5 Å². The molecule has 0 aromatic heterocycles. The van der Waals surface area contributed by atoms with Gasteiger partial charge < -0.3 is 20.3 Å². The third-order valence-corrected chi connectivity index (χ3v) is 4.13. The molecule has 3 rings (SSSR count). The highest BCUT2D eigenvalue weighted by molar-refractivity contribution is 6.23. The van der Waals surface area contributed by atoms with Gasteiger partial charge in [0.2, 0.25) is 5.91 Å². The van der Waals surface area contributed by atoms with Crippen LogP contribution in [-0.2, 0) is 9.59 Å². The molecule has 0 radical (unpaired) electrons. The van der Waals surface area contributed by atoms with E-state index in [2.05, 4.69) is 5.32 Å². The predicted molar refractivity (Wildman–Crippen MR) is 97.2 cm³/mol.